The van der Waals surface area contributed by atoms with Crippen molar-refractivity contribution >= 4 is 11.9 Å². The van der Waals surface area contributed by atoms with Gasteiger partial charge in [0.15, 0.2) is 0 Å². The van der Waals surface area contributed by atoms with Crippen LogP contribution in [0.2, 0.25) is 0 Å². The Hall–Kier alpha value is 0.536. The first-order chi connectivity index (χ1) is 4.13. The second kappa shape index (κ2) is 7.64. The number of nitrogens with one attached hydrogen (secondary N) is 1. The van der Waals surface area contributed by atoms with E-state index in [2.05, 4.69) is 5.32 Å². The maximum absolute atomic E-state index is 9.70. The van der Waals surface area contributed by atoms with Gasteiger partial charge in [0.05, 0.1) is 12.5 Å². The quantitative estimate of drug-likeness (QED) is 0.412. The molecule has 0 aromatic rings. The normalized spacial score (nSPS) is 8.00. The zero-order valence-corrected chi connectivity index (χ0v) is 8.71. The third-order valence-electron chi connectivity index (χ3n) is 0.546. The van der Waals surface area contributed by atoms with Crippen LogP contribution in [0.3, 0.4) is 0 Å². The van der Waals surface area contributed by atoms with Crippen molar-refractivity contribution in [2.75, 3.05) is 13.1 Å². The van der Waals surface area contributed by atoms with E-state index in [0.29, 0.717) is 0 Å². The van der Waals surface area contributed by atoms with Crippen LogP contribution < -0.4 is 61.8 Å². The van der Waals surface area contributed by atoms with Gasteiger partial charge in [-0.2, -0.15) is 0 Å². The van der Waals surface area contributed by atoms with E-state index in [9.17, 15) is 14.7 Å². The summed E-state index contributed by atoms with van der Waals surface area (Å²) >= 11 is 0. The molecule has 0 radical (unpaired) electrons. The Morgan fingerprint density at radius 3 is 2.20 bits per heavy atom. The fourth-order valence-electron chi connectivity index (χ4n) is 0.271. The van der Waals surface area contributed by atoms with Crippen LogP contribution in [0.5, 0.6) is 0 Å². The summed E-state index contributed by atoms with van der Waals surface area (Å²) in [6.45, 7) is -0.778. The van der Waals surface area contributed by atoms with Crippen molar-refractivity contribution in [3.05, 3.63) is 0 Å². The summed E-state index contributed by atoms with van der Waals surface area (Å²) in [6.07, 6.45) is 0. The van der Waals surface area contributed by atoms with Gasteiger partial charge in [-0.05, 0) is 0 Å². The predicted octanol–water partition coefficient (Wildman–Crippen LogP) is -5.59. The molecule has 52 valence electrons. The molecular formula is C4H6KNO4. The molecule has 0 saturated heterocycles. The van der Waals surface area contributed by atoms with Crippen LogP contribution in [0.4, 0.5) is 0 Å². The molecule has 0 rings (SSSR count). The topological polar surface area (TPSA) is 89.5 Å². The molecule has 0 bridgehead atoms. The number of carbonyl (C=O) groups excluding carboxylic acids is 1. The van der Waals surface area contributed by atoms with E-state index < -0.39 is 18.5 Å². The Labute approximate surface area is 100 Å². The van der Waals surface area contributed by atoms with Gasteiger partial charge in [-0.3, -0.25) is 4.79 Å². The maximum atomic E-state index is 9.70. The van der Waals surface area contributed by atoms with E-state index in [-0.39, 0.29) is 57.9 Å². The minimum atomic E-state index is -1.31. The fourth-order valence-corrected chi connectivity index (χ4v) is 0.271. The summed E-state index contributed by atoms with van der Waals surface area (Å²) in [6, 6.07) is 0. The number of carboxylic acids is 2. The molecule has 0 aromatic carbocycles. The van der Waals surface area contributed by atoms with Crippen molar-refractivity contribution < 1.29 is 71.2 Å². The zero-order valence-electron chi connectivity index (χ0n) is 5.59. The van der Waals surface area contributed by atoms with Crippen LogP contribution in [0.15, 0.2) is 0 Å². The number of hydrogen-bond acceptors (Lipinski definition) is 4. The Morgan fingerprint density at radius 2 is 1.90 bits per heavy atom. The number of rotatable bonds is 4. The zero-order chi connectivity index (χ0) is 7.28. The first kappa shape index (κ1) is 13.1. The standard InChI is InChI=1S/C4H7NO4.K/c6-3(7)1-5-2-4(8)9;/h5H,1-2H2,(H,6,7)(H,8,9);/q;+1/p-1. The van der Waals surface area contributed by atoms with E-state index in [1.54, 1.807) is 0 Å². The molecule has 10 heavy (non-hydrogen) atoms. The fraction of sp³-hybridized carbons (Fsp3) is 0.500. The monoisotopic (exact) mass is 171 g/mol. The molecule has 6 heteroatoms. The Morgan fingerprint density at radius 1 is 1.40 bits per heavy atom. The largest absolute Gasteiger partial charge is 1.00 e. The summed E-state index contributed by atoms with van der Waals surface area (Å²) in [7, 11) is 0. The summed E-state index contributed by atoms with van der Waals surface area (Å²) in [4.78, 5) is 19.3. The third kappa shape index (κ3) is 11.3. The maximum Gasteiger partial charge on any atom is 1.00 e. The van der Waals surface area contributed by atoms with Crippen LogP contribution in [0.25, 0.3) is 0 Å². The van der Waals surface area contributed by atoms with Gasteiger partial charge in [-0.15, -0.1) is 0 Å². The number of hydrogen-bond donors (Lipinski definition) is 2. The molecule has 0 aliphatic carbocycles. The van der Waals surface area contributed by atoms with Crippen LogP contribution in [-0.4, -0.2) is 30.1 Å². The van der Waals surface area contributed by atoms with E-state index in [0.717, 1.165) is 0 Å². The molecule has 0 saturated carbocycles. The molecule has 0 amide bonds. The van der Waals surface area contributed by atoms with E-state index in [1.165, 1.54) is 0 Å². The Balaban J connectivity index is 0. The van der Waals surface area contributed by atoms with Crippen LogP contribution in [0.1, 0.15) is 0 Å². The molecule has 0 aliphatic heterocycles. The van der Waals surface area contributed by atoms with Gasteiger partial charge in [0.2, 0.25) is 0 Å². The van der Waals surface area contributed by atoms with Crippen LogP contribution in [0, 0.1) is 0 Å². The minimum Gasteiger partial charge on any atom is -0.549 e. The summed E-state index contributed by atoms with van der Waals surface area (Å²) in [5.41, 5.74) is 0. The molecule has 0 aliphatic rings. The van der Waals surface area contributed by atoms with Gasteiger partial charge in [0.25, 0.3) is 0 Å². The van der Waals surface area contributed by atoms with Gasteiger partial charge < -0.3 is 20.3 Å². The number of carboxylic acid groups (broad SMARTS) is 2. The van der Waals surface area contributed by atoms with E-state index >= 15 is 0 Å². The smallest absolute Gasteiger partial charge is 0.549 e. The van der Waals surface area contributed by atoms with Gasteiger partial charge in [-0.1, -0.05) is 0 Å². The second-order valence-electron chi connectivity index (χ2n) is 1.37. The molecule has 0 fully saturated rings. The summed E-state index contributed by atoms with van der Waals surface area (Å²) in [5.74, 6) is -2.40. The Kier molecular flexibility index (Phi) is 10.0. The molecule has 5 nitrogen and oxygen atoms in total. The van der Waals surface area contributed by atoms with E-state index in [4.69, 9.17) is 5.11 Å². The van der Waals surface area contributed by atoms with Crippen molar-refractivity contribution in [3.8, 4) is 0 Å². The van der Waals surface area contributed by atoms with Crippen LogP contribution >= 0.6 is 0 Å². The third-order valence-corrected chi connectivity index (χ3v) is 0.546. The summed E-state index contributed by atoms with van der Waals surface area (Å²) < 4.78 is 0. The molecule has 0 atom stereocenters. The average molecular weight is 171 g/mol. The first-order valence-corrected chi connectivity index (χ1v) is 2.25. The Bertz CT molecular complexity index is 112. The van der Waals surface area contributed by atoms with Crippen LogP contribution in [-0.2, 0) is 9.59 Å². The average Bonchev–Trinajstić information content (AvgIpc) is 1.63. The van der Waals surface area contributed by atoms with Crippen molar-refractivity contribution in [3.63, 3.8) is 0 Å². The SMILES string of the molecule is O=C([O-])CNCC(=O)O.[K+]. The molecule has 2 N–H and O–H groups in total. The van der Waals surface area contributed by atoms with Gasteiger partial charge >= 0.3 is 57.4 Å². The van der Waals surface area contributed by atoms with Gasteiger partial charge in [-0.25, -0.2) is 0 Å². The molecule has 0 spiro atoms. The predicted molar refractivity (Wildman–Crippen MR) is 25.5 cm³/mol. The first-order valence-electron chi connectivity index (χ1n) is 2.25. The van der Waals surface area contributed by atoms with Crippen molar-refractivity contribution in [2.45, 2.75) is 0 Å². The van der Waals surface area contributed by atoms with E-state index in [1.807, 2.05) is 0 Å². The number of aliphatic carboxylic acids is 2. The van der Waals surface area contributed by atoms with Crippen molar-refractivity contribution in [1.82, 2.24) is 5.32 Å². The molecular weight excluding hydrogens is 165 g/mol. The molecule has 0 aromatic heterocycles. The second-order valence-corrected chi connectivity index (χ2v) is 1.37. The van der Waals surface area contributed by atoms with Gasteiger partial charge in [0.1, 0.15) is 0 Å². The minimum absolute atomic E-state index is 0. The molecule has 0 heterocycles. The summed E-state index contributed by atoms with van der Waals surface area (Å²) in [5, 5.41) is 19.7. The van der Waals surface area contributed by atoms with Crippen molar-refractivity contribution in [2.24, 2.45) is 0 Å². The molecule has 0 unspecified atom stereocenters. The number of carbonyl (C=O) groups is 2. The van der Waals surface area contributed by atoms with Crippen molar-refractivity contribution in [1.29, 1.82) is 0 Å². The van der Waals surface area contributed by atoms with Gasteiger partial charge in [0, 0.05) is 6.54 Å².